The van der Waals surface area contributed by atoms with Crippen LogP contribution in [-0.4, -0.2) is 60.7 Å². The number of anilines is 1. The van der Waals surface area contributed by atoms with Crippen molar-refractivity contribution in [3.63, 3.8) is 0 Å². The Morgan fingerprint density at radius 3 is 2.47 bits per heavy atom. The maximum atomic E-state index is 12.7. The molecule has 1 aliphatic rings. The zero-order valence-corrected chi connectivity index (χ0v) is 22.0. The van der Waals surface area contributed by atoms with Gasteiger partial charge in [0, 0.05) is 28.8 Å². The summed E-state index contributed by atoms with van der Waals surface area (Å²) in [5, 5.41) is 12.3. The summed E-state index contributed by atoms with van der Waals surface area (Å²) in [6.07, 6.45) is 0. The van der Waals surface area contributed by atoms with E-state index >= 15 is 0 Å². The van der Waals surface area contributed by atoms with Gasteiger partial charge in [0.2, 0.25) is 15.9 Å². The van der Waals surface area contributed by atoms with Gasteiger partial charge in [-0.3, -0.25) is 9.59 Å². The van der Waals surface area contributed by atoms with Gasteiger partial charge in [-0.05, 0) is 36.4 Å². The van der Waals surface area contributed by atoms with Crippen LogP contribution in [0.3, 0.4) is 0 Å². The number of ether oxygens (including phenoxy) is 1. The Morgan fingerprint density at radius 1 is 1.17 bits per heavy atom. The Morgan fingerprint density at radius 2 is 1.83 bits per heavy atom. The van der Waals surface area contributed by atoms with Gasteiger partial charge < -0.3 is 15.0 Å². The first-order valence-corrected chi connectivity index (χ1v) is 13.9. The molecule has 13 heteroatoms. The fraction of sp³-hybridized carbons (Fsp3) is 0.217. The molecule has 0 saturated carbocycles. The molecule has 186 valence electrons. The van der Waals surface area contributed by atoms with Crippen molar-refractivity contribution in [2.75, 3.05) is 37.4 Å². The van der Waals surface area contributed by atoms with Gasteiger partial charge >= 0.3 is 0 Å². The average molecular weight is 590 g/mol. The third-order valence-corrected chi connectivity index (χ3v) is 8.53. The Hall–Kier alpha value is -3.02. The zero-order valence-electron chi connectivity index (χ0n) is 18.7. The number of halogens is 1. The van der Waals surface area contributed by atoms with E-state index in [1.165, 1.54) is 28.6 Å². The zero-order chi connectivity index (χ0) is 25.7. The molecule has 1 amide bonds. The topological polar surface area (TPSA) is 145 Å². The fourth-order valence-corrected chi connectivity index (χ4v) is 5.75. The standard InChI is InChI=1S/C23H20BrN5O5S2/c24-16-3-1-15(2-4-16)21-19(13-25)22(31)28-23(27-21)35-14-20(30)26-17-5-7-18(8-6-17)36(32,33)29-9-11-34-12-10-29/h1-8H,9-12,14H2,(H,26,30)(H,27,28,31). The number of carbonyl (C=O) groups excluding carboxylic acids is 1. The number of hydrogen-bond acceptors (Lipinski definition) is 8. The second kappa shape index (κ2) is 11.4. The maximum absolute atomic E-state index is 12.7. The van der Waals surface area contributed by atoms with Gasteiger partial charge in [0.1, 0.15) is 11.6 Å². The third-order valence-electron chi connectivity index (χ3n) is 5.21. The number of morpholine rings is 1. The second-order valence-electron chi connectivity index (χ2n) is 7.59. The summed E-state index contributed by atoms with van der Waals surface area (Å²) in [6, 6.07) is 14.8. The van der Waals surface area contributed by atoms with Crippen molar-refractivity contribution >= 4 is 49.3 Å². The van der Waals surface area contributed by atoms with Crippen LogP contribution in [0.15, 0.2) is 67.9 Å². The molecule has 1 aliphatic heterocycles. The molecular formula is C23H20BrN5O5S2. The molecule has 10 nitrogen and oxygen atoms in total. The first kappa shape index (κ1) is 26.1. The van der Waals surface area contributed by atoms with E-state index in [1.807, 2.05) is 6.07 Å². The third kappa shape index (κ3) is 6.03. The van der Waals surface area contributed by atoms with Crippen LogP contribution in [0, 0.1) is 11.3 Å². The van der Waals surface area contributed by atoms with Crippen LogP contribution < -0.4 is 10.9 Å². The molecule has 2 heterocycles. The molecule has 3 aromatic rings. The number of nitrogens with one attached hydrogen (secondary N) is 2. The molecule has 1 aromatic heterocycles. The largest absolute Gasteiger partial charge is 0.379 e. The average Bonchev–Trinajstić information content (AvgIpc) is 2.88. The quantitative estimate of drug-likeness (QED) is 0.316. The lowest BCUT2D eigenvalue weighted by atomic mass is 10.1. The lowest BCUT2D eigenvalue weighted by Gasteiger charge is -2.26. The summed E-state index contributed by atoms with van der Waals surface area (Å²) in [4.78, 5) is 31.9. The Labute approximate surface area is 219 Å². The van der Waals surface area contributed by atoms with E-state index in [4.69, 9.17) is 4.74 Å². The second-order valence-corrected chi connectivity index (χ2v) is 11.4. The Kier molecular flexibility index (Phi) is 8.22. The number of H-pyrrole nitrogens is 1. The predicted molar refractivity (Wildman–Crippen MR) is 138 cm³/mol. The molecule has 36 heavy (non-hydrogen) atoms. The van der Waals surface area contributed by atoms with E-state index in [9.17, 15) is 23.3 Å². The van der Waals surface area contributed by atoms with E-state index in [0.717, 1.165) is 16.2 Å². The number of amides is 1. The number of carbonyl (C=O) groups is 1. The molecule has 4 rings (SSSR count). The van der Waals surface area contributed by atoms with Crippen molar-refractivity contribution in [3.8, 4) is 17.3 Å². The molecule has 2 N–H and O–H groups in total. The molecule has 0 bridgehead atoms. The maximum Gasteiger partial charge on any atom is 0.270 e. The van der Waals surface area contributed by atoms with Crippen molar-refractivity contribution in [2.45, 2.75) is 10.1 Å². The van der Waals surface area contributed by atoms with E-state index in [-0.39, 0.29) is 33.0 Å². The van der Waals surface area contributed by atoms with E-state index < -0.39 is 15.6 Å². The summed E-state index contributed by atoms with van der Waals surface area (Å²) < 4.78 is 32.9. The fourth-order valence-electron chi connectivity index (χ4n) is 3.42. The first-order chi connectivity index (χ1) is 17.3. The normalized spacial score (nSPS) is 14.2. The lowest BCUT2D eigenvalue weighted by Crippen LogP contribution is -2.40. The van der Waals surface area contributed by atoms with Crippen LogP contribution in [-0.2, 0) is 19.6 Å². The molecule has 1 fully saturated rings. The van der Waals surface area contributed by atoms with Crippen molar-refractivity contribution < 1.29 is 17.9 Å². The highest BCUT2D eigenvalue weighted by Crippen LogP contribution is 2.24. The molecule has 0 spiro atoms. The molecule has 0 atom stereocenters. The lowest BCUT2D eigenvalue weighted by molar-refractivity contribution is -0.113. The smallest absolute Gasteiger partial charge is 0.270 e. The minimum atomic E-state index is -3.62. The summed E-state index contributed by atoms with van der Waals surface area (Å²) in [7, 11) is -3.62. The van der Waals surface area contributed by atoms with Crippen LogP contribution >= 0.6 is 27.7 Å². The number of rotatable bonds is 7. The number of hydrogen-bond donors (Lipinski definition) is 2. The molecule has 0 unspecified atom stereocenters. The molecular weight excluding hydrogens is 570 g/mol. The van der Waals surface area contributed by atoms with E-state index in [0.29, 0.717) is 37.6 Å². The van der Waals surface area contributed by atoms with E-state index in [1.54, 1.807) is 24.3 Å². The summed E-state index contributed by atoms with van der Waals surface area (Å²) in [5.74, 6) is -0.441. The summed E-state index contributed by atoms with van der Waals surface area (Å²) in [6.45, 7) is 1.31. The highest BCUT2D eigenvalue weighted by molar-refractivity contribution is 9.10. The minimum absolute atomic E-state index is 0.0670. The number of benzene rings is 2. The van der Waals surface area contributed by atoms with Crippen molar-refractivity contribution in [1.29, 1.82) is 5.26 Å². The van der Waals surface area contributed by atoms with Gasteiger partial charge in [0.05, 0.1) is 29.6 Å². The van der Waals surface area contributed by atoms with Crippen LogP contribution in [0.4, 0.5) is 5.69 Å². The van der Waals surface area contributed by atoms with Crippen LogP contribution in [0.25, 0.3) is 11.3 Å². The van der Waals surface area contributed by atoms with E-state index in [2.05, 4.69) is 31.2 Å². The molecule has 0 aliphatic carbocycles. The number of thioether (sulfide) groups is 1. The van der Waals surface area contributed by atoms with Crippen molar-refractivity contribution in [3.05, 3.63) is 68.9 Å². The highest BCUT2D eigenvalue weighted by atomic mass is 79.9. The Balaban J connectivity index is 1.42. The number of nitrogens with zero attached hydrogens (tertiary/aromatic N) is 3. The van der Waals surface area contributed by atoms with Crippen LogP contribution in [0.2, 0.25) is 0 Å². The van der Waals surface area contributed by atoms with Crippen LogP contribution in [0.1, 0.15) is 5.56 Å². The molecule has 0 radical (unpaired) electrons. The van der Waals surface area contributed by atoms with Gasteiger partial charge in [-0.25, -0.2) is 13.4 Å². The predicted octanol–water partition coefficient (Wildman–Crippen LogP) is 2.82. The summed E-state index contributed by atoms with van der Waals surface area (Å²) >= 11 is 4.35. The highest BCUT2D eigenvalue weighted by Gasteiger charge is 2.26. The van der Waals surface area contributed by atoms with Gasteiger partial charge in [-0.2, -0.15) is 9.57 Å². The number of sulfonamides is 1. The number of nitriles is 1. The number of aromatic amines is 1. The Bertz CT molecular complexity index is 1460. The first-order valence-electron chi connectivity index (χ1n) is 10.7. The number of aromatic nitrogens is 2. The SMILES string of the molecule is N#Cc1c(-c2ccc(Br)cc2)nc(SCC(=O)Nc2ccc(S(=O)(=O)N3CCOCC3)cc2)[nH]c1=O. The minimum Gasteiger partial charge on any atom is -0.379 e. The van der Waals surface area contributed by atoms with Gasteiger partial charge in [0.25, 0.3) is 5.56 Å². The van der Waals surface area contributed by atoms with Crippen LogP contribution in [0.5, 0.6) is 0 Å². The summed E-state index contributed by atoms with van der Waals surface area (Å²) in [5.41, 5.74) is 0.551. The van der Waals surface area contributed by atoms with Crippen molar-refractivity contribution in [1.82, 2.24) is 14.3 Å². The molecule has 1 saturated heterocycles. The van der Waals surface area contributed by atoms with Crippen molar-refractivity contribution in [2.24, 2.45) is 0 Å². The van der Waals surface area contributed by atoms with Gasteiger partial charge in [0.15, 0.2) is 5.16 Å². The van der Waals surface area contributed by atoms with Gasteiger partial charge in [-0.1, -0.05) is 39.8 Å². The van der Waals surface area contributed by atoms with Gasteiger partial charge in [-0.15, -0.1) is 0 Å². The monoisotopic (exact) mass is 589 g/mol. The molecule has 2 aromatic carbocycles.